The second kappa shape index (κ2) is 4.94. The third kappa shape index (κ3) is 3.18. The normalized spacial score (nSPS) is 9.24. The summed E-state index contributed by atoms with van der Waals surface area (Å²) in [6, 6.07) is 9.28. The summed E-state index contributed by atoms with van der Waals surface area (Å²) in [5.41, 5.74) is 0.786. The monoisotopic (exact) mass is 226 g/mol. The van der Waals surface area contributed by atoms with Crippen molar-refractivity contribution in [3.63, 3.8) is 0 Å². The van der Waals surface area contributed by atoms with Crippen molar-refractivity contribution in [3.05, 3.63) is 41.7 Å². The molecule has 0 saturated heterocycles. The fourth-order valence-corrected chi connectivity index (χ4v) is 1.18. The van der Waals surface area contributed by atoms with Crippen LogP contribution in [0.5, 0.6) is 0 Å². The fraction of sp³-hybridized carbons (Fsp3) is 0.0833. The van der Waals surface area contributed by atoms with Gasteiger partial charge in [0.1, 0.15) is 5.82 Å². The first-order chi connectivity index (χ1) is 8.24. The lowest BCUT2D eigenvalue weighted by atomic mass is 10.2. The van der Waals surface area contributed by atoms with Crippen LogP contribution in [-0.4, -0.2) is 21.1 Å². The maximum Gasteiger partial charge on any atom is 0.303 e. The summed E-state index contributed by atoms with van der Waals surface area (Å²) in [6.07, 6.45) is 0. The Bertz CT molecular complexity index is 577. The molecule has 0 bridgehead atoms. The molecule has 1 heterocycles. The molecular weight excluding hydrogens is 216 g/mol. The Morgan fingerprint density at radius 2 is 2.12 bits per heavy atom. The molecule has 2 aromatic rings. The van der Waals surface area contributed by atoms with Crippen molar-refractivity contribution in [2.24, 2.45) is 0 Å². The summed E-state index contributed by atoms with van der Waals surface area (Å²) in [7, 11) is 0. The minimum Gasteiger partial charge on any atom is -0.282 e. The number of aromatic nitrogens is 3. The number of H-pyrrole nitrogens is 1. The van der Waals surface area contributed by atoms with Crippen molar-refractivity contribution in [3.8, 4) is 11.8 Å². The van der Waals surface area contributed by atoms with Crippen LogP contribution in [0.2, 0.25) is 0 Å². The van der Waals surface area contributed by atoms with Gasteiger partial charge in [0.05, 0.1) is 0 Å². The number of carbonyl (C=O) groups is 1. The van der Waals surface area contributed by atoms with E-state index in [-0.39, 0.29) is 5.95 Å². The lowest BCUT2D eigenvalue weighted by molar-refractivity contribution is -0.111. The first-order valence-electron chi connectivity index (χ1n) is 5.01. The van der Waals surface area contributed by atoms with Gasteiger partial charge in [0.15, 0.2) is 0 Å². The van der Waals surface area contributed by atoms with E-state index in [9.17, 15) is 4.79 Å². The maximum absolute atomic E-state index is 11.4. The molecule has 84 valence electrons. The molecule has 1 amide bonds. The highest BCUT2D eigenvalue weighted by atomic mass is 16.1. The number of benzene rings is 1. The molecule has 0 unspecified atom stereocenters. The lowest BCUT2D eigenvalue weighted by Gasteiger charge is -1.91. The average molecular weight is 226 g/mol. The first kappa shape index (κ1) is 10.9. The molecular formula is C12H10N4O. The zero-order valence-electron chi connectivity index (χ0n) is 9.19. The number of rotatable bonds is 1. The molecule has 1 aromatic heterocycles. The Labute approximate surface area is 98.3 Å². The first-order valence-corrected chi connectivity index (χ1v) is 5.01. The smallest absolute Gasteiger partial charge is 0.282 e. The molecule has 0 saturated carbocycles. The molecule has 0 aliphatic heterocycles. The summed E-state index contributed by atoms with van der Waals surface area (Å²) in [5.74, 6) is 5.64. The van der Waals surface area contributed by atoms with Gasteiger partial charge in [-0.1, -0.05) is 24.1 Å². The van der Waals surface area contributed by atoms with Crippen molar-refractivity contribution >= 4 is 11.9 Å². The van der Waals surface area contributed by atoms with Gasteiger partial charge in [-0.3, -0.25) is 15.2 Å². The summed E-state index contributed by atoms with van der Waals surface area (Å²) in [5, 5.41) is 8.87. The van der Waals surface area contributed by atoms with Gasteiger partial charge in [-0.05, 0) is 19.1 Å². The zero-order chi connectivity index (χ0) is 12.1. The van der Waals surface area contributed by atoms with Gasteiger partial charge in [-0.15, -0.1) is 5.10 Å². The Hall–Kier alpha value is -2.61. The highest BCUT2D eigenvalue weighted by molar-refractivity contribution is 6.03. The standard InChI is InChI=1S/C12H10N4O/c1-9-13-12(16-15-9)14-11(17)8-7-10-5-3-2-4-6-10/h2-6H,1H3,(H2,13,14,15,16,17). The predicted molar refractivity (Wildman–Crippen MR) is 63.1 cm³/mol. The van der Waals surface area contributed by atoms with Gasteiger partial charge < -0.3 is 0 Å². The van der Waals surface area contributed by atoms with Crippen molar-refractivity contribution in [2.75, 3.05) is 5.32 Å². The lowest BCUT2D eigenvalue weighted by Crippen LogP contribution is -2.09. The number of carbonyl (C=O) groups excluding carboxylic acids is 1. The molecule has 0 aliphatic carbocycles. The quantitative estimate of drug-likeness (QED) is 0.715. The molecule has 0 spiro atoms. The summed E-state index contributed by atoms with van der Waals surface area (Å²) in [6.45, 7) is 1.75. The van der Waals surface area contributed by atoms with Crippen LogP contribution in [0.25, 0.3) is 0 Å². The molecule has 5 heteroatoms. The van der Waals surface area contributed by atoms with E-state index in [4.69, 9.17) is 0 Å². The van der Waals surface area contributed by atoms with E-state index in [1.54, 1.807) is 6.92 Å². The number of nitrogens with zero attached hydrogens (tertiary/aromatic N) is 2. The molecule has 2 N–H and O–H groups in total. The van der Waals surface area contributed by atoms with Gasteiger partial charge in [-0.25, -0.2) is 0 Å². The average Bonchev–Trinajstić information content (AvgIpc) is 2.73. The zero-order valence-corrected chi connectivity index (χ0v) is 9.19. The van der Waals surface area contributed by atoms with Crippen molar-refractivity contribution in [2.45, 2.75) is 6.92 Å². The van der Waals surface area contributed by atoms with Crippen LogP contribution in [0.4, 0.5) is 5.95 Å². The third-order valence-corrected chi connectivity index (χ3v) is 1.92. The van der Waals surface area contributed by atoms with E-state index in [0.29, 0.717) is 5.82 Å². The summed E-state index contributed by atoms with van der Waals surface area (Å²) in [4.78, 5) is 15.4. The van der Waals surface area contributed by atoms with E-state index in [1.165, 1.54) is 0 Å². The molecule has 2 rings (SSSR count). The second-order valence-electron chi connectivity index (χ2n) is 3.31. The van der Waals surface area contributed by atoms with Gasteiger partial charge in [0.25, 0.3) is 0 Å². The van der Waals surface area contributed by atoms with Gasteiger partial charge >= 0.3 is 5.91 Å². The molecule has 5 nitrogen and oxygen atoms in total. The topological polar surface area (TPSA) is 70.7 Å². The maximum atomic E-state index is 11.4. The Balaban J connectivity index is 2.01. The minimum absolute atomic E-state index is 0.231. The number of aromatic amines is 1. The number of aryl methyl sites for hydroxylation is 1. The fourth-order valence-electron chi connectivity index (χ4n) is 1.18. The van der Waals surface area contributed by atoms with Gasteiger partial charge in [-0.2, -0.15) is 4.98 Å². The molecule has 0 radical (unpaired) electrons. The van der Waals surface area contributed by atoms with Crippen molar-refractivity contribution in [1.29, 1.82) is 0 Å². The van der Waals surface area contributed by atoms with Gasteiger partial charge in [0, 0.05) is 11.5 Å². The number of amides is 1. The van der Waals surface area contributed by atoms with Crippen LogP contribution in [0.15, 0.2) is 30.3 Å². The van der Waals surface area contributed by atoms with Crippen LogP contribution >= 0.6 is 0 Å². The highest BCUT2D eigenvalue weighted by Crippen LogP contribution is 1.97. The Morgan fingerprint density at radius 3 is 2.76 bits per heavy atom. The molecule has 0 aliphatic rings. The SMILES string of the molecule is Cc1nc(NC(=O)C#Cc2ccccc2)n[nH]1. The van der Waals surface area contributed by atoms with Crippen molar-refractivity contribution in [1.82, 2.24) is 15.2 Å². The van der Waals surface area contributed by atoms with Crippen LogP contribution in [0.3, 0.4) is 0 Å². The summed E-state index contributed by atoms with van der Waals surface area (Å²) < 4.78 is 0. The summed E-state index contributed by atoms with van der Waals surface area (Å²) >= 11 is 0. The van der Waals surface area contributed by atoms with Crippen LogP contribution < -0.4 is 5.32 Å². The third-order valence-electron chi connectivity index (χ3n) is 1.92. The Morgan fingerprint density at radius 1 is 1.35 bits per heavy atom. The van der Waals surface area contributed by atoms with Crippen molar-refractivity contribution < 1.29 is 4.79 Å². The van der Waals surface area contributed by atoms with Crippen LogP contribution in [-0.2, 0) is 4.79 Å². The predicted octanol–water partition coefficient (Wildman–Crippen LogP) is 1.10. The molecule has 0 fully saturated rings. The van der Waals surface area contributed by atoms with E-state index >= 15 is 0 Å². The van der Waals surface area contributed by atoms with Crippen LogP contribution in [0.1, 0.15) is 11.4 Å². The molecule has 1 aromatic carbocycles. The number of hydrogen-bond acceptors (Lipinski definition) is 3. The number of anilines is 1. The van der Waals surface area contributed by atoms with Gasteiger partial charge in [0.2, 0.25) is 5.95 Å². The second-order valence-corrected chi connectivity index (χ2v) is 3.31. The van der Waals surface area contributed by atoms with E-state index < -0.39 is 5.91 Å². The molecule has 17 heavy (non-hydrogen) atoms. The largest absolute Gasteiger partial charge is 0.303 e. The minimum atomic E-state index is -0.437. The molecule has 0 atom stereocenters. The Kier molecular flexibility index (Phi) is 3.17. The van der Waals surface area contributed by atoms with E-state index in [2.05, 4.69) is 32.3 Å². The van der Waals surface area contributed by atoms with E-state index in [0.717, 1.165) is 5.56 Å². The number of hydrogen-bond donors (Lipinski definition) is 2. The highest BCUT2D eigenvalue weighted by Gasteiger charge is 2.02. The van der Waals surface area contributed by atoms with E-state index in [1.807, 2.05) is 30.3 Å². The van der Waals surface area contributed by atoms with Crippen LogP contribution in [0, 0.1) is 18.8 Å². The number of nitrogens with one attached hydrogen (secondary N) is 2.